The van der Waals surface area contributed by atoms with E-state index in [0.29, 0.717) is 0 Å². The number of thiocarbonyl (C=S) groups is 1. The molecule has 0 saturated heterocycles. The number of carbonyl (C=O) groups is 4. The van der Waals surface area contributed by atoms with Gasteiger partial charge in [0.2, 0.25) is 0 Å². The fourth-order valence-electron chi connectivity index (χ4n) is 2.80. The summed E-state index contributed by atoms with van der Waals surface area (Å²) in [6.45, 7) is 0. The molecule has 2 N–H and O–H groups in total. The molecular formula is C26H17N5O8RuS-2. The summed E-state index contributed by atoms with van der Waals surface area (Å²) in [4.78, 5) is 58.8. The SMILES string of the molecule is O=C([O-])c1ccnc(-c2cc(C(=O)O)ccn2)c1.O=C([O-])c1ccnc(-c2cc(C(=O)O)ccn2)c1.[CH3-].[N-]=C=S.[Ru+2]. The number of hydrogen-bond acceptors (Lipinski definition) is 11. The zero-order valence-electron chi connectivity index (χ0n) is 20.8. The smallest absolute Gasteiger partial charge is 0.753 e. The Morgan fingerprint density at radius 2 is 0.854 bits per heavy atom. The predicted molar refractivity (Wildman–Crippen MR) is 140 cm³/mol. The molecule has 0 atom stereocenters. The first-order chi connectivity index (χ1) is 18.6. The van der Waals surface area contributed by atoms with E-state index in [2.05, 4.69) is 32.2 Å². The monoisotopic (exact) mass is 661 g/mol. The van der Waals surface area contributed by atoms with E-state index < -0.39 is 23.9 Å². The summed E-state index contributed by atoms with van der Waals surface area (Å²) in [5.74, 6) is -4.83. The number of aromatic nitrogens is 4. The van der Waals surface area contributed by atoms with Crippen LogP contribution in [0, 0.1) is 7.43 Å². The summed E-state index contributed by atoms with van der Waals surface area (Å²) in [5.41, 5.74) is 1.17. The minimum atomic E-state index is -1.33. The zero-order valence-corrected chi connectivity index (χ0v) is 23.3. The average Bonchev–Trinajstić information content (AvgIpc) is 2.94. The van der Waals surface area contributed by atoms with Crippen molar-refractivity contribution in [3.63, 3.8) is 0 Å². The molecule has 0 radical (unpaired) electrons. The number of aromatic carboxylic acids is 4. The first-order valence-electron chi connectivity index (χ1n) is 10.3. The van der Waals surface area contributed by atoms with Crippen molar-refractivity contribution in [3.8, 4) is 22.8 Å². The van der Waals surface area contributed by atoms with Crippen molar-refractivity contribution >= 4 is 41.3 Å². The quantitative estimate of drug-likeness (QED) is 0.129. The Labute approximate surface area is 250 Å². The number of carbonyl (C=O) groups excluding carboxylic acids is 2. The molecule has 13 nitrogen and oxygen atoms in total. The molecule has 41 heavy (non-hydrogen) atoms. The second kappa shape index (κ2) is 17.5. The first kappa shape index (κ1) is 35.9. The zero-order chi connectivity index (χ0) is 28.9. The van der Waals surface area contributed by atoms with Crippen LogP contribution in [0.4, 0.5) is 0 Å². The molecule has 4 aromatic rings. The number of pyridine rings is 4. The summed E-state index contributed by atoms with van der Waals surface area (Å²) in [6.07, 6.45) is 5.25. The van der Waals surface area contributed by atoms with Gasteiger partial charge in [0.25, 0.3) is 0 Å². The van der Waals surface area contributed by atoms with Crippen molar-refractivity contribution in [2.45, 2.75) is 0 Å². The van der Waals surface area contributed by atoms with Gasteiger partial charge in [-0.15, -0.1) is 0 Å². The molecule has 15 heteroatoms. The Hall–Kier alpha value is -5.10. The fourth-order valence-corrected chi connectivity index (χ4v) is 2.80. The molecule has 0 aliphatic carbocycles. The molecular weight excluding hydrogens is 643 g/mol. The molecule has 0 aliphatic heterocycles. The summed E-state index contributed by atoms with van der Waals surface area (Å²) in [6, 6.07) is 10.5. The Bertz CT molecular complexity index is 1360. The largest absolute Gasteiger partial charge is 2.00 e. The number of rotatable bonds is 6. The Morgan fingerprint density at radius 3 is 1.07 bits per heavy atom. The third kappa shape index (κ3) is 10.9. The van der Waals surface area contributed by atoms with E-state index in [1.165, 1.54) is 78.5 Å². The summed E-state index contributed by atoms with van der Waals surface area (Å²) < 4.78 is 0. The maximum atomic E-state index is 10.8. The van der Waals surface area contributed by atoms with Crippen LogP contribution >= 0.6 is 12.2 Å². The molecule has 4 rings (SSSR count). The Kier molecular flexibility index (Phi) is 15.3. The molecule has 0 spiro atoms. The van der Waals surface area contributed by atoms with E-state index in [-0.39, 0.29) is 71.9 Å². The molecule has 0 bridgehead atoms. The number of carboxylic acid groups (broad SMARTS) is 4. The molecule has 0 aromatic carbocycles. The predicted octanol–water partition coefficient (Wildman–Crippen LogP) is 1.52. The van der Waals surface area contributed by atoms with E-state index in [1.54, 1.807) is 0 Å². The molecule has 0 unspecified atom stereocenters. The van der Waals surface area contributed by atoms with Crippen molar-refractivity contribution in [2.24, 2.45) is 0 Å². The van der Waals surface area contributed by atoms with Crippen LogP contribution in [0.15, 0.2) is 73.3 Å². The molecule has 0 amide bonds. The van der Waals surface area contributed by atoms with E-state index in [0.717, 1.165) is 0 Å². The van der Waals surface area contributed by atoms with Crippen LogP contribution in [0.5, 0.6) is 0 Å². The molecule has 210 valence electrons. The molecule has 0 saturated carbocycles. The topological polar surface area (TPSA) is 229 Å². The fraction of sp³-hybridized carbons (Fsp3) is 0. The van der Waals surface area contributed by atoms with Gasteiger partial charge in [0.15, 0.2) is 0 Å². The van der Waals surface area contributed by atoms with Crippen molar-refractivity contribution in [2.75, 3.05) is 0 Å². The minimum absolute atomic E-state index is 0. The number of nitrogens with zero attached hydrogens (tertiary/aromatic N) is 5. The summed E-state index contributed by atoms with van der Waals surface area (Å²) in [5, 5.41) is 47.6. The van der Waals surface area contributed by atoms with E-state index >= 15 is 0 Å². The number of hydrogen-bond donors (Lipinski definition) is 2. The third-order valence-electron chi connectivity index (χ3n) is 4.53. The van der Waals surface area contributed by atoms with Gasteiger partial charge in [-0.1, -0.05) is 12.2 Å². The Balaban J connectivity index is 0.000000682. The molecule has 4 aromatic heterocycles. The van der Waals surface area contributed by atoms with Crippen LogP contribution < -0.4 is 10.2 Å². The van der Waals surface area contributed by atoms with Gasteiger partial charge in [-0.05, 0) is 48.5 Å². The molecule has 0 aliphatic rings. The van der Waals surface area contributed by atoms with Gasteiger partial charge in [0.1, 0.15) is 0 Å². The minimum Gasteiger partial charge on any atom is -0.753 e. The van der Waals surface area contributed by atoms with Crippen LogP contribution in [0.1, 0.15) is 41.4 Å². The van der Waals surface area contributed by atoms with Crippen LogP contribution in [0.3, 0.4) is 0 Å². The van der Waals surface area contributed by atoms with Crippen LogP contribution in [-0.2, 0) is 19.5 Å². The van der Waals surface area contributed by atoms with Crippen LogP contribution in [-0.4, -0.2) is 59.2 Å². The average molecular weight is 661 g/mol. The van der Waals surface area contributed by atoms with Crippen molar-refractivity contribution in [1.29, 1.82) is 0 Å². The van der Waals surface area contributed by atoms with Crippen molar-refractivity contribution in [3.05, 3.63) is 108 Å². The maximum absolute atomic E-state index is 10.8. The van der Waals surface area contributed by atoms with E-state index in [9.17, 15) is 29.4 Å². The number of carboxylic acids is 4. The maximum Gasteiger partial charge on any atom is 2.00 e. The van der Waals surface area contributed by atoms with E-state index in [1.807, 2.05) is 0 Å². The Morgan fingerprint density at radius 1 is 0.634 bits per heavy atom. The summed E-state index contributed by atoms with van der Waals surface area (Å²) in [7, 11) is 0. The number of isothiocyanates is 1. The first-order valence-corrected chi connectivity index (χ1v) is 10.7. The molecule has 4 heterocycles. The normalized spacial score (nSPS) is 8.98. The van der Waals surface area contributed by atoms with Crippen LogP contribution in [0.2, 0.25) is 0 Å². The van der Waals surface area contributed by atoms with Gasteiger partial charge in [-0.3, -0.25) is 19.9 Å². The van der Waals surface area contributed by atoms with Crippen molar-refractivity contribution in [1.82, 2.24) is 19.9 Å². The van der Waals surface area contributed by atoms with Gasteiger partial charge in [-0.2, -0.15) is 5.16 Å². The second-order valence-corrected chi connectivity index (χ2v) is 7.18. The third-order valence-corrected chi connectivity index (χ3v) is 4.53. The van der Waals surface area contributed by atoms with Crippen LogP contribution in [0.25, 0.3) is 28.2 Å². The van der Waals surface area contributed by atoms with Crippen molar-refractivity contribution < 1.29 is 59.1 Å². The standard InChI is InChI=1S/2C12H8N2O4.CNS.CH3.Ru/c2*15-11(16)7-1-3-13-9(5-7)10-6-8(12(17)18)2-4-14-10;2-1-3;;/h2*1-6H,(H,15,16)(H,17,18);;1H3;/q;;2*-1;+2/p-2. The van der Waals surface area contributed by atoms with Gasteiger partial charge >= 0.3 is 31.4 Å². The van der Waals surface area contributed by atoms with E-state index in [4.69, 9.17) is 15.6 Å². The second-order valence-electron chi connectivity index (χ2n) is 7.00. The van der Waals surface area contributed by atoms with Gasteiger partial charge in [0.05, 0.1) is 45.8 Å². The van der Waals surface area contributed by atoms with Gasteiger partial charge < -0.3 is 42.9 Å². The van der Waals surface area contributed by atoms with Gasteiger partial charge in [-0.25, -0.2) is 9.59 Å². The van der Waals surface area contributed by atoms with Gasteiger partial charge in [0, 0.05) is 35.9 Å². The summed E-state index contributed by atoms with van der Waals surface area (Å²) >= 11 is 3.70. The molecule has 0 fully saturated rings.